The van der Waals surface area contributed by atoms with Gasteiger partial charge in [-0.2, -0.15) is 0 Å². The van der Waals surface area contributed by atoms with Gasteiger partial charge >= 0.3 is 11.9 Å². The minimum Gasteiger partial charge on any atom is -0.861 e. The van der Waals surface area contributed by atoms with E-state index in [0.29, 0.717) is 0 Å². The number of hydrogen-bond donors (Lipinski definition) is 0. The van der Waals surface area contributed by atoms with Crippen molar-refractivity contribution in [3.8, 4) is 0 Å². The molecule has 0 amide bonds. The summed E-state index contributed by atoms with van der Waals surface area (Å²) in [4.78, 5) is 26.7. The largest absolute Gasteiger partial charge is 0.861 e. The van der Waals surface area contributed by atoms with Gasteiger partial charge in [0.05, 0.1) is 27.3 Å². The van der Waals surface area contributed by atoms with Crippen molar-refractivity contribution in [2.24, 2.45) is 4.99 Å². The minimum absolute atomic E-state index is 0.124. The molecule has 0 unspecified atom stereocenters. The maximum Gasteiger partial charge on any atom is 0.319 e. The molecule has 0 saturated carbocycles. The molecular weight excluding hydrogens is 216 g/mol. The third kappa shape index (κ3) is 5.97. The van der Waals surface area contributed by atoms with Crippen molar-refractivity contribution in [1.29, 1.82) is 0 Å². The Bertz CT molecular complexity index is 259. The SMILES string of the molecule is CN=C([O-])CN(CC(=O)OC)CC(=O)OC. The number of carbonyl (C=O) groups excluding carboxylic acids is 2. The molecule has 0 N–H and O–H groups in total. The summed E-state index contributed by atoms with van der Waals surface area (Å²) in [6, 6.07) is 0. The van der Waals surface area contributed by atoms with Gasteiger partial charge in [-0.1, -0.05) is 0 Å². The number of rotatable bonds is 6. The molecule has 7 heteroatoms. The predicted octanol–water partition coefficient (Wildman–Crippen LogP) is -1.98. The van der Waals surface area contributed by atoms with Gasteiger partial charge in [0.15, 0.2) is 0 Å². The van der Waals surface area contributed by atoms with Gasteiger partial charge < -0.3 is 19.6 Å². The highest BCUT2D eigenvalue weighted by atomic mass is 16.5. The maximum atomic E-state index is 11.0. The molecule has 0 aliphatic rings. The predicted molar refractivity (Wildman–Crippen MR) is 53.8 cm³/mol. The van der Waals surface area contributed by atoms with Gasteiger partial charge in [0.2, 0.25) is 0 Å². The van der Waals surface area contributed by atoms with E-state index in [4.69, 9.17) is 0 Å². The highest BCUT2D eigenvalue weighted by Crippen LogP contribution is 1.91. The van der Waals surface area contributed by atoms with Gasteiger partial charge in [0.1, 0.15) is 0 Å². The average Bonchev–Trinajstić information content (AvgIpc) is 2.28. The zero-order valence-electron chi connectivity index (χ0n) is 9.56. The molecule has 0 bridgehead atoms. The van der Waals surface area contributed by atoms with E-state index in [1.54, 1.807) is 0 Å². The van der Waals surface area contributed by atoms with E-state index in [9.17, 15) is 14.7 Å². The van der Waals surface area contributed by atoms with Crippen LogP contribution < -0.4 is 5.11 Å². The lowest BCUT2D eigenvalue weighted by atomic mass is 10.4. The Morgan fingerprint density at radius 3 is 1.88 bits per heavy atom. The lowest BCUT2D eigenvalue weighted by molar-refractivity contribution is -0.219. The Kier molecular flexibility index (Phi) is 6.86. The second-order valence-corrected chi connectivity index (χ2v) is 2.91. The quantitative estimate of drug-likeness (QED) is 0.299. The van der Waals surface area contributed by atoms with Gasteiger partial charge in [-0.15, -0.1) is 0 Å². The van der Waals surface area contributed by atoms with Crippen molar-refractivity contribution < 1.29 is 24.2 Å². The Morgan fingerprint density at radius 1 is 1.12 bits per heavy atom. The van der Waals surface area contributed by atoms with Crippen LogP contribution in [0.4, 0.5) is 0 Å². The molecule has 16 heavy (non-hydrogen) atoms. The summed E-state index contributed by atoms with van der Waals surface area (Å²) in [5, 5.41) is 11.0. The summed E-state index contributed by atoms with van der Waals surface area (Å²) >= 11 is 0. The van der Waals surface area contributed by atoms with Crippen LogP contribution in [0.5, 0.6) is 0 Å². The van der Waals surface area contributed by atoms with E-state index in [1.165, 1.54) is 26.2 Å². The van der Waals surface area contributed by atoms with E-state index >= 15 is 0 Å². The molecule has 92 valence electrons. The average molecular weight is 231 g/mol. The monoisotopic (exact) mass is 231 g/mol. The first kappa shape index (κ1) is 14.4. The number of methoxy groups -OCH3 is 2. The summed E-state index contributed by atoms with van der Waals surface area (Å²) in [6.07, 6.45) is 0. The van der Waals surface area contributed by atoms with Crippen molar-refractivity contribution in [3.05, 3.63) is 0 Å². The van der Waals surface area contributed by atoms with Crippen LogP contribution in [-0.2, 0) is 19.1 Å². The maximum absolute atomic E-state index is 11.0. The molecule has 0 rings (SSSR count). The third-order valence-corrected chi connectivity index (χ3v) is 1.77. The fourth-order valence-corrected chi connectivity index (χ4v) is 0.924. The summed E-state index contributed by atoms with van der Waals surface area (Å²) in [5.74, 6) is -1.49. The standard InChI is InChI=1S/C9H16N2O5/c1-10-7(12)4-11(5-8(13)15-2)6-9(14)16-3/h4-6H2,1-3H3,(H,10,12)/p-1. The molecule has 0 atom stereocenters. The molecular formula is C9H15N2O5-. The van der Waals surface area contributed by atoms with Gasteiger partial charge in [-0.3, -0.25) is 14.5 Å². The highest BCUT2D eigenvalue weighted by molar-refractivity contribution is 5.78. The lowest BCUT2D eigenvalue weighted by Crippen LogP contribution is -2.42. The number of aliphatic imine (C=N–C) groups is 1. The molecule has 0 aromatic carbocycles. The van der Waals surface area contributed by atoms with Crippen molar-refractivity contribution in [2.45, 2.75) is 0 Å². The van der Waals surface area contributed by atoms with E-state index < -0.39 is 17.8 Å². The zero-order valence-corrected chi connectivity index (χ0v) is 9.56. The van der Waals surface area contributed by atoms with Gasteiger partial charge in [0.25, 0.3) is 0 Å². The second-order valence-electron chi connectivity index (χ2n) is 2.91. The van der Waals surface area contributed by atoms with Gasteiger partial charge in [0, 0.05) is 13.6 Å². The first-order valence-electron chi connectivity index (χ1n) is 4.52. The van der Waals surface area contributed by atoms with Crippen LogP contribution >= 0.6 is 0 Å². The topological polar surface area (TPSA) is 91.3 Å². The van der Waals surface area contributed by atoms with Crippen LogP contribution in [0.15, 0.2) is 4.99 Å². The summed E-state index contributed by atoms with van der Waals surface area (Å²) < 4.78 is 8.87. The van der Waals surface area contributed by atoms with Crippen LogP contribution in [0.2, 0.25) is 0 Å². The lowest BCUT2D eigenvalue weighted by Gasteiger charge is -2.22. The van der Waals surface area contributed by atoms with Crippen molar-refractivity contribution in [1.82, 2.24) is 4.90 Å². The van der Waals surface area contributed by atoms with E-state index in [-0.39, 0.29) is 19.6 Å². The first-order valence-corrected chi connectivity index (χ1v) is 4.52. The van der Waals surface area contributed by atoms with Crippen LogP contribution in [0, 0.1) is 0 Å². The molecule has 0 aliphatic carbocycles. The number of esters is 2. The fraction of sp³-hybridized carbons (Fsp3) is 0.667. The fourth-order valence-electron chi connectivity index (χ4n) is 0.924. The summed E-state index contributed by atoms with van der Waals surface area (Å²) in [7, 11) is 3.80. The Hall–Kier alpha value is -1.63. The smallest absolute Gasteiger partial charge is 0.319 e. The summed E-state index contributed by atoms with van der Waals surface area (Å²) in [5.41, 5.74) is 0. The first-order chi connectivity index (χ1) is 7.53. The minimum atomic E-state index is -0.534. The van der Waals surface area contributed by atoms with E-state index in [2.05, 4.69) is 14.5 Å². The van der Waals surface area contributed by atoms with Crippen LogP contribution in [0.1, 0.15) is 0 Å². The van der Waals surface area contributed by atoms with Crippen LogP contribution in [0.25, 0.3) is 0 Å². The molecule has 7 nitrogen and oxygen atoms in total. The van der Waals surface area contributed by atoms with Crippen molar-refractivity contribution in [3.63, 3.8) is 0 Å². The van der Waals surface area contributed by atoms with Gasteiger partial charge in [-0.05, 0) is 5.90 Å². The number of carbonyl (C=O) groups is 2. The highest BCUT2D eigenvalue weighted by Gasteiger charge is 2.14. The molecule has 0 saturated heterocycles. The normalized spacial score (nSPS) is 11.4. The third-order valence-electron chi connectivity index (χ3n) is 1.77. The molecule has 0 aromatic rings. The van der Waals surface area contributed by atoms with Crippen LogP contribution in [0.3, 0.4) is 0 Å². The Labute approximate surface area is 93.7 Å². The zero-order chi connectivity index (χ0) is 12.6. The van der Waals surface area contributed by atoms with Crippen LogP contribution in [-0.4, -0.2) is 63.6 Å². The number of ether oxygens (including phenoxy) is 2. The second kappa shape index (κ2) is 7.63. The Balaban J connectivity index is 4.38. The van der Waals surface area contributed by atoms with E-state index in [0.717, 1.165) is 0 Å². The number of nitrogens with zero attached hydrogens (tertiary/aromatic N) is 2. The Morgan fingerprint density at radius 2 is 1.56 bits per heavy atom. The molecule has 0 spiro atoms. The number of hydrogen-bond acceptors (Lipinski definition) is 7. The van der Waals surface area contributed by atoms with Gasteiger partial charge in [-0.25, -0.2) is 0 Å². The van der Waals surface area contributed by atoms with Crippen molar-refractivity contribution >= 4 is 17.8 Å². The molecule has 0 fully saturated rings. The molecule has 0 aromatic heterocycles. The van der Waals surface area contributed by atoms with Crippen molar-refractivity contribution in [2.75, 3.05) is 40.9 Å². The van der Waals surface area contributed by atoms with E-state index in [1.807, 2.05) is 0 Å². The molecule has 0 aliphatic heterocycles. The molecule has 0 radical (unpaired) electrons. The summed E-state index contributed by atoms with van der Waals surface area (Å²) in [6.45, 7) is -0.444. The molecule has 0 heterocycles.